The van der Waals surface area contributed by atoms with E-state index in [-0.39, 0.29) is 12.1 Å². The van der Waals surface area contributed by atoms with E-state index < -0.39 is 13.8 Å². The highest BCUT2D eigenvalue weighted by atomic mass is 28.3. The van der Waals surface area contributed by atoms with Gasteiger partial charge in [0.1, 0.15) is 20.4 Å². The summed E-state index contributed by atoms with van der Waals surface area (Å²) in [5.74, 6) is -0.209. The number of esters is 1. The van der Waals surface area contributed by atoms with Crippen molar-refractivity contribution in [3.05, 3.63) is 71.8 Å². The summed E-state index contributed by atoms with van der Waals surface area (Å²) in [6, 6.07) is 22.9. The van der Waals surface area contributed by atoms with Crippen LogP contribution in [0.2, 0.25) is 18.1 Å². The van der Waals surface area contributed by atoms with E-state index in [1.54, 1.807) is 0 Å². The van der Waals surface area contributed by atoms with Crippen molar-refractivity contribution in [1.29, 1.82) is 0 Å². The molecule has 2 aromatic rings. The lowest BCUT2D eigenvalue weighted by atomic mass is 10.1. The quantitative estimate of drug-likeness (QED) is 0.376. The molecule has 0 aliphatic heterocycles. The van der Waals surface area contributed by atoms with Crippen LogP contribution in [0.25, 0.3) is 0 Å². The number of ether oxygens (including phenoxy) is 2. The Morgan fingerprint density at radius 2 is 1.41 bits per heavy atom. The molecule has 27 heavy (non-hydrogen) atoms. The Morgan fingerprint density at radius 1 is 0.889 bits per heavy atom. The van der Waals surface area contributed by atoms with Crippen LogP contribution < -0.4 is 0 Å². The molecule has 146 valence electrons. The predicted molar refractivity (Wildman–Crippen MR) is 113 cm³/mol. The number of benzene rings is 2. The molecule has 0 heterocycles. The Labute approximate surface area is 164 Å². The van der Waals surface area contributed by atoms with Gasteiger partial charge in [0.2, 0.25) is 0 Å². The SMILES string of the molecule is CC[Si](CC)(CC)C(O[C@@H](C)c1ccccc1)C(=O)OCc1ccccc1. The smallest absolute Gasteiger partial charge is 0.332 e. The van der Waals surface area contributed by atoms with Gasteiger partial charge in [-0.2, -0.15) is 0 Å². The van der Waals surface area contributed by atoms with Gasteiger partial charge in [-0.05, 0) is 18.1 Å². The van der Waals surface area contributed by atoms with Gasteiger partial charge in [-0.1, -0.05) is 99.6 Å². The zero-order valence-corrected chi connectivity index (χ0v) is 18.0. The highest BCUT2D eigenvalue weighted by Crippen LogP contribution is 2.31. The van der Waals surface area contributed by atoms with Crippen LogP contribution in [0.1, 0.15) is 44.9 Å². The fourth-order valence-corrected chi connectivity index (χ4v) is 7.26. The minimum atomic E-state index is -1.94. The van der Waals surface area contributed by atoms with Gasteiger partial charge < -0.3 is 9.47 Å². The standard InChI is InChI=1S/C23H32O3Si/c1-5-27(6-2,7-3)23(26-19(4)21-16-12-9-13-17-21)22(24)25-18-20-14-10-8-11-15-20/h8-17,19,23H,5-7,18H2,1-4H3/t19-,23?/m0/s1. The molecule has 0 radical (unpaired) electrons. The molecular weight excluding hydrogens is 352 g/mol. The minimum Gasteiger partial charge on any atom is -0.459 e. The summed E-state index contributed by atoms with van der Waals surface area (Å²) in [5, 5.41) is 0. The van der Waals surface area contributed by atoms with Crippen molar-refractivity contribution in [3.63, 3.8) is 0 Å². The maximum Gasteiger partial charge on any atom is 0.332 e. The molecule has 0 aromatic heterocycles. The molecule has 0 aliphatic carbocycles. The molecule has 0 fully saturated rings. The molecule has 0 aliphatic rings. The molecular formula is C23H32O3Si. The Bertz CT molecular complexity index is 675. The van der Waals surface area contributed by atoms with Gasteiger partial charge in [0.25, 0.3) is 0 Å². The Balaban J connectivity index is 2.19. The van der Waals surface area contributed by atoms with Crippen LogP contribution in [0.3, 0.4) is 0 Å². The van der Waals surface area contributed by atoms with E-state index in [0.717, 1.165) is 29.3 Å². The molecule has 2 rings (SSSR count). The Morgan fingerprint density at radius 3 is 1.93 bits per heavy atom. The third kappa shape index (κ3) is 5.53. The molecule has 0 spiro atoms. The molecule has 0 amide bonds. The van der Waals surface area contributed by atoms with Crippen LogP contribution in [0.4, 0.5) is 0 Å². The van der Waals surface area contributed by atoms with E-state index in [4.69, 9.17) is 9.47 Å². The fourth-order valence-electron chi connectivity index (χ4n) is 3.57. The van der Waals surface area contributed by atoms with E-state index in [2.05, 4.69) is 20.8 Å². The van der Waals surface area contributed by atoms with E-state index >= 15 is 0 Å². The first-order valence-corrected chi connectivity index (χ1v) is 12.7. The molecule has 4 heteroatoms. The van der Waals surface area contributed by atoms with E-state index in [9.17, 15) is 4.79 Å². The molecule has 1 unspecified atom stereocenters. The average Bonchev–Trinajstić information content (AvgIpc) is 2.74. The summed E-state index contributed by atoms with van der Waals surface area (Å²) < 4.78 is 12.1. The molecule has 2 atom stereocenters. The third-order valence-electron chi connectivity index (χ3n) is 5.72. The third-order valence-corrected chi connectivity index (χ3v) is 11.4. The first kappa shape index (κ1) is 21.4. The van der Waals surface area contributed by atoms with E-state index in [0.29, 0.717) is 6.61 Å². The van der Waals surface area contributed by atoms with Crippen molar-refractivity contribution < 1.29 is 14.3 Å². The van der Waals surface area contributed by atoms with Crippen LogP contribution in [0.15, 0.2) is 60.7 Å². The molecule has 0 saturated carbocycles. The van der Waals surface area contributed by atoms with Gasteiger partial charge in [0, 0.05) is 0 Å². The zero-order valence-electron chi connectivity index (χ0n) is 17.0. The second-order valence-electron chi connectivity index (χ2n) is 7.09. The number of carbonyl (C=O) groups is 1. The van der Waals surface area contributed by atoms with E-state index in [1.165, 1.54) is 0 Å². The topological polar surface area (TPSA) is 35.5 Å². The van der Waals surface area contributed by atoms with Crippen molar-refractivity contribution in [3.8, 4) is 0 Å². The average molecular weight is 385 g/mol. The van der Waals surface area contributed by atoms with Crippen molar-refractivity contribution in [2.75, 3.05) is 0 Å². The van der Waals surface area contributed by atoms with Crippen LogP contribution in [-0.4, -0.2) is 19.8 Å². The van der Waals surface area contributed by atoms with E-state index in [1.807, 2.05) is 67.6 Å². The molecule has 3 nitrogen and oxygen atoms in total. The maximum atomic E-state index is 13.1. The predicted octanol–water partition coefficient (Wildman–Crippen LogP) is 5.92. The van der Waals surface area contributed by atoms with Crippen molar-refractivity contribution >= 4 is 14.0 Å². The van der Waals surface area contributed by atoms with Crippen molar-refractivity contribution in [1.82, 2.24) is 0 Å². The summed E-state index contributed by atoms with van der Waals surface area (Å²) >= 11 is 0. The van der Waals surface area contributed by atoms with Gasteiger partial charge in [-0.3, -0.25) is 0 Å². The molecule has 0 N–H and O–H groups in total. The summed E-state index contributed by atoms with van der Waals surface area (Å²) in [7, 11) is -1.94. The minimum absolute atomic E-state index is 0.142. The highest BCUT2D eigenvalue weighted by molar-refractivity contribution is 6.83. The lowest BCUT2D eigenvalue weighted by molar-refractivity contribution is -0.156. The Kier molecular flexibility index (Phi) is 8.26. The van der Waals surface area contributed by atoms with Gasteiger partial charge in [0.05, 0.1) is 6.10 Å². The maximum absolute atomic E-state index is 13.1. The van der Waals surface area contributed by atoms with Crippen LogP contribution in [-0.2, 0) is 20.9 Å². The first-order chi connectivity index (χ1) is 13.1. The van der Waals surface area contributed by atoms with Gasteiger partial charge in [0.15, 0.2) is 0 Å². The number of hydrogen-bond acceptors (Lipinski definition) is 3. The van der Waals surface area contributed by atoms with Crippen molar-refractivity contribution in [2.24, 2.45) is 0 Å². The normalized spacial score (nSPS) is 13.8. The van der Waals surface area contributed by atoms with Crippen LogP contribution in [0, 0.1) is 0 Å². The second-order valence-corrected chi connectivity index (χ2v) is 12.5. The monoisotopic (exact) mass is 384 g/mol. The van der Waals surface area contributed by atoms with Crippen LogP contribution >= 0.6 is 0 Å². The van der Waals surface area contributed by atoms with Crippen molar-refractivity contribution in [2.45, 2.75) is 64.3 Å². The number of rotatable bonds is 10. The molecule has 0 bridgehead atoms. The van der Waals surface area contributed by atoms with Gasteiger partial charge in [-0.15, -0.1) is 0 Å². The van der Waals surface area contributed by atoms with Gasteiger partial charge in [-0.25, -0.2) is 4.79 Å². The largest absolute Gasteiger partial charge is 0.459 e. The summed E-state index contributed by atoms with van der Waals surface area (Å²) in [5.41, 5.74) is 1.64. The molecule has 2 aromatic carbocycles. The zero-order chi connectivity index (χ0) is 19.7. The number of hydrogen-bond donors (Lipinski definition) is 0. The summed E-state index contributed by atoms with van der Waals surface area (Å²) in [6.07, 6.45) is -0.142. The Hall–Kier alpha value is -1.91. The lowest BCUT2D eigenvalue weighted by Gasteiger charge is -2.36. The highest BCUT2D eigenvalue weighted by Gasteiger charge is 2.44. The number of carbonyl (C=O) groups excluding carboxylic acids is 1. The summed E-state index contributed by atoms with van der Waals surface area (Å²) in [6.45, 7) is 8.88. The fraction of sp³-hybridized carbons (Fsp3) is 0.435. The van der Waals surface area contributed by atoms with Gasteiger partial charge >= 0.3 is 5.97 Å². The molecule has 0 saturated heterocycles. The lowest BCUT2D eigenvalue weighted by Crippen LogP contribution is -2.52. The summed E-state index contributed by atoms with van der Waals surface area (Å²) in [4.78, 5) is 13.1. The van der Waals surface area contributed by atoms with Crippen LogP contribution in [0.5, 0.6) is 0 Å². The first-order valence-electron chi connectivity index (χ1n) is 9.97. The second kappa shape index (κ2) is 10.4.